The summed E-state index contributed by atoms with van der Waals surface area (Å²) in [5.74, 6) is 1.12. The zero-order valence-electron chi connectivity index (χ0n) is 10.2. The molecule has 0 spiro atoms. The summed E-state index contributed by atoms with van der Waals surface area (Å²) in [6.45, 7) is 0. The lowest BCUT2D eigenvalue weighted by molar-refractivity contribution is 0.348. The fraction of sp³-hybridized carbons (Fsp3) is 0.167. The topological polar surface area (TPSA) is 53.5 Å². The molecule has 1 aromatic carbocycles. The van der Waals surface area contributed by atoms with Gasteiger partial charge in [0, 0.05) is 4.47 Å². The number of benzene rings is 1. The van der Waals surface area contributed by atoms with Crippen LogP contribution in [0.25, 0.3) is 0 Å². The number of aromatic nitrogens is 2. The van der Waals surface area contributed by atoms with Crippen molar-refractivity contribution in [1.29, 1.82) is 0 Å². The monoisotopic (exact) mass is 344 g/mol. The van der Waals surface area contributed by atoms with E-state index in [1.54, 1.807) is 18.2 Å². The molecule has 0 aliphatic carbocycles. The van der Waals surface area contributed by atoms with Crippen molar-refractivity contribution in [3.05, 3.63) is 33.8 Å². The number of rotatable bonds is 4. The predicted octanol–water partition coefficient (Wildman–Crippen LogP) is 3.70. The summed E-state index contributed by atoms with van der Waals surface area (Å²) in [6, 6.07) is 6.88. The molecule has 2 rings (SSSR count). The first-order chi connectivity index (χ1) is 9.12. The van der Waals surface area contributed by atoms with Crippen molar-refractivity contribution in [2.24, 2.45) is 0 Å². The van der Waals surface area contributed by atoms with Crippen molar-refractivity contribution in [3.63, 3.8) is 0 Å². The molecule has 1 heterocycles. The van der Waals surface area contributed by atoms with Crippen LogP contribution in [0, 0.1) is 0 Å². The minimum Gasteiger partial charge on any atom is -0.481 e. The molecule has 0 bridgehead atoms. The summed E-state index contributed by atoms with van der Waals surface area (Å²) >= 11 is 9.37. The Kier molecular flexibility index (Phi) is 4.44. The summed E-state index contributed by atoms with van der Waals surface area (Å²) in [5, 5.41) is 0.452. The van der Waals surface area contributed by atoms with Crippen LogP contribution in [0.15, 0.2) is 28.7 Å². The molecule has 5 nitrogen and oxygen atoms in total. The third-order valence-corrected chi connectivity index (χ3v) is 2.98. The number of halogens is 2. The highest BCUT2D eigenvalue weighted by Crippen LogP contribution is 2.31. The number of hydrogen-bond acceptors (Lipinski definition) is 5. The molecule has 0 fully saturated rings. The summed E-state index contributed by atoms with van der Waals surface area (Å²) in [5.41, 5.74) is 0. The zero-order chi connectivity index (χ0) is 13.8. The number of hydrogen-bond donors (Lipinski definition) is 0. The van der Waals surface area contributed by atoms with E-state index in [-0.39, 0.29) is 6.01 Å². The number of nitrogens with zero attached hydrogens (tertiary/aromatic N) is 2. The third-order valence-electron chi connectivity index (χ3n) is 2.17. The molecule has 0 amide bonds. The Morgan fingerprint density at radius 2 is 1.68 bits per heavy atom. The first-order valence-electron chi connectivity index (χ1n) is 5.22. The van der Waals surface area contributed by atoms with Gasteiger partial charge >= 0.3 is 6.01 Å². The van der Waals surface area contributed by atoms with Gasteiger partial charge < -0.3 is 14.2 Å². The fourth-order valence-electron chi connectivity index (χ4n) is 1.29. The van der Waals surface area contributed by atoms with E-state index in [4.69, 9.17) is 25.8 Å². The van der Waals surface area contributed by atoms with E-state index in [9.17, 15) is 0 Å². The molecule has 0 atom stereocenters. The first-order valence-corrected chi connectivity index (χ1v) is 6.39. The van der Waals surface area contributed by atoms with Gasteiger partial charge in [-0.3, -0.25) is 0 Å². The van der Waals surface area contributed by atoms with Gasteiger partial charge in [0.1, 0.15) is 0 Å². The van der Waals surface area contributed by atoms with Crippen LogP contribution in [-0.4, -0.2) is 24.2 Å². The fourth-order valence-corrected chi connectivity index (χ4v) is 1.79. The van der Waals surface area contributed by atoms with Crippen LogP contribution in [0.5, 0.6) is 23.5 Å². The van der Waals surface area contributed by atoms with E-state index in [2.05, 4.69) is 25.9 Å². The molecule has 2 aromatic rings. The van der Waals surface area contributed by atoms with Crippen molar-refractivity contribution in [2.75, 3.05) is 14.2 Å². The lowest BCUT2D eigenvalue weighted by atomic mass is 10.3. The molecule has 1 aromatic heterocycles. The van der Waals surface area contributed by atoms with Gasteiger partial charge in [-0.05, 0) is 18.2 Å². The summed E-state index contributed by atoms with van der Waals surface area (Å²) in [7, 11) is 3.00. The second kappa shape index (κ2) is 6.08. The van der Waals surface area contributed by atoms with Gasteiger partial charge in [-0.15, -0.1) is 0 Å². The summed E-state index contributed by atoms with van der Waals surface area (Å²) in [6.07, 6.45) is 0. The van der Waals surface area contributed by atoms with Gasteiger partial charge in [-0.25, -0.2) is 0 Å². The highest BCUT2D eigenvalue weighted by Gasteiger charge is 2.10. The number of methoxy groups -OCH3 is 2. The molecule has 0 unspecified atom stereocenters. The number of ether oxygens (including phenoxy) is 3. The van der Waals surface area contributed by atoms with Crippen LogP contribution in [0.2, 0.25) is 5.02 Å². The standard InChI is InChI=1S/C12H10BrClN2O3/c1-17-10-6-11(18-2)16-12(15-10)19-9-5-7(13)3-4-8(9)14/h3-6H,1-2H3. The van der Waals surface area contributed by atoms with Crippen molar-refractivity contribution in [3.8, 4) is 23.5 Å². The molecule has 7 heteroatoms. The Balaban J connectivity index is 2.34. The minimum absolute atomic E-state index is 0.0937. The van der Waals surface area contributed by atoms with Crippen molar-refractivity contribution >= 4 is 27.5 Å². The highest BCUT2D eigenvalue weighted by molar-refractivity contribution is 9.10. The van der Waals surface area contributed by atoms with Gasteiger partial charge in [0.2, 0.25) is 11.8 Å². The van der Waals surface area contributed by atoms with Crippen molar-refractivity contribution < 1.29 is 14.2 Å². The van der Waals surface area contributed by atoms with Crippen LogP contribution < -0.4 is 14.2 Å². The van der Waals surface area contributed by atoms with E-state index in [0.29, 0.717) is 22.5 Å². The summed E-state index contributed by atoms with van der Waals surface area (Å²) in [4.78, 5) is 8.11. The quantitative estimate of drug-likeness (QED) is 0.845. The Hall–Kier alpha value is -1.53. The molecule has 19 heavy (non-hydrogen) atoms. The Bertz CT molecular complexity index is 573. The van der Waals surface area contributed by atoms with Crippen LogP contribution in [0.4, 0.5) is 0 Å². The first kappa shape index (κ1) is 13.9. The molecule has 0 aliphatic heterocycles. The smallest absolute Gasteiger partial charge is 0.328 e. The largest absolute Gasteiger partial charge is 0.481 e. The van der Waals surface area contributed by atoms with E-state index in [1.807, 2.05) is 6.07 Å². The third kappa shape index (κ3) is 3.48. The summed E-state index contributed by atoms with van der Waals surface area (Å²) < 4.78 is 16.4. The molecule has 0 radical (unpaired) electrons. The van der Waals surface area contributed by atoms with E-state index in [0.717, 1.165) is 4.47 Å². The maximum Gasteiger partial charge on any atom is 0.328 e. The molecule has 0 aliphatic rings. The van der Waals surface area contributed by atoms with Crippen LogP contribution in [-0.2, 0) is 0 Å². The van der Waals surface area contributed by atoms with Crippen molar-refractivity contribution in [2.45, 2.75) is 0 Å². The van der Waals surface area contributed by atoms with E-state index in [1.165, 1.54) is 14.2 Å². The van der Waals surface area contributed by atoms with Crippen LogP contribution in [0.3, 0.4) is 0 Å². The van der Waals surface area contributed by atoms with Gasteiger partial charge in [0.15, 0.2) is 5.75 Å². The Morgan fingerprint density at radius 1 is 1.05 bits per heavy atom. The Morgan fingerprint density at radius 3 is 2.26 bits per heavy atom. The normalized spacial score (nSPS) is 10.1. The SMILES string of the molecule is COc1cc(OC)nc(Oc2cc(Br)ccc2Cl)n1. The van der Waals surface area contributed by atoms with Gasteiger partial charge in [-0.1, -0.05) is 27.5 Å². The maximum atomic E-state index is 6.03. The molecule has 0 saturated heterocycles. The second-order valence-corrected chi connectivity index (χ2v) is 4.73. The van der Waals surface area contributed by atoms with Gasteiger partial charge in [0.25, 0.3) is 0 Å². The molecule has 0 saturated carbocycles. The van der Waals surface area contributed by atoms with Crippen LogP contribution in [0.1, 0.15) is 0 Å². The zero-order valence-corrected chi connectivity index (χ0v) is 12.5. The molecular formula is C12H10BrClN2O3. The Labute approximate surface area is 123 Å². The molecular weight excluding hydrogens is 336 g/mol. The lowest BCUT2D eigenvalue weighted by Gasteiger charge is -2.08. The predicted molar refractivity (Wildman–Crippen MR) is 74.4 cm³/mol. The maximum absolute atomic E-state index is 6.03. The lowest BCUT2D eigenvalue weighted by Crippen LogP contribution is -1.98. The average Bonchev–Trinajstić information content (AvgIpc) is 2.42. The van der Waals surface area contributed by atoms with Gasteiger partial charge in [0.05, 0.1) is 25.3 Å². The van der Waals surface area contributed by atoms with E-state index >= 15 is 0 Å². The van der Waals surface area contributed by atoms with E-state index < -0.39 is 0 Å². The molecule has 100 valence electrons. The average molecular weight is 346 g/mol. The second-order valence-electron chi connectivity index (χ2n) is 3.41. The van der Waals surface area contributed by atoms with Gasteiger partial charge in [-0.2, -0.15) is 9.97 Å². The minimum atomic E-state index is 0.0937. The van der Waals surface area contributed by atoms with Crippen LogP contribution >= 0.6 is 27.5 Å². The van der Waals surface area contributed by atoms with Crippen molar-refractivity contribution in [1.82, 2.24) is 9.97 Å². The molecule has 0 N–H and O–H groups in total. The highest BCUT2D eigenvalue weighted by atomic mass is 79.9.